The lowest BCUT2D eigenvalue weighted by molar-refractivity contribution is 0.400. The molecule has 2 aromatic carbocycles. The van der Waals surface area contributed by atoms with Gasteiger partial charge in [-0.15, -0.1) is 0 Å². The van der Waals surface area contributed by atoms with Crippen LogP contribution in [0.15, 0.2) is 77.9 Å². The number of halogens is 1. The number of fused-ring (bicyclic) bond motifs is 2. The van der Waals surface area contributed by atoms with Gasteiger partial charge in [0.15, 0.2) is 0 Å². The predicted molar refractivity (Wildman–Crippen MR) is 137 cm³/mol. The van der Waals surface area contributed by atoms with Crippen LogP contribution in [0.4, 0.5) is 15.8 Å². The molecule has 1 N–H and O–H groups in total. The first-order valence-corrected chi connectivity index (χ1v) is 11.4. The summed E-state index contributed by atoms with van der Waals surface area (Å²) in [6.07, 6.45) is 1.66. The number of hydrogen-bond donors (Lipinski definition) is 1. The van der Waals surface area contributed by atoms with E-state index in [0.717, 1.165) is 27.9 Å². The normalized spacial score (nSPS) is 11.7. The number of hydrogen-bond acceptors (Lipinski definition) is 6. The smallest absolute Gasteiger partial charge is 0.237 e. The van der Waals surface area contributed by atoms with Crippen LogP contribution < -0.4 is 15.4 Å². The maximum absolute atomic E-state index is 13.8. The fourth-order valence-electron chi connectivity index (χ4n) is 4.11. The maximum atomic E-state index is 13.8. The number of anilines is 2. The second-order valence-corrected chi connectivity index (χ2v) is 8.51. The highest BCUT2D eigenvalue weighted by Gasteiger charge is 2.18. The summed E-state index contributed by atoms with van der Waals surface area (Å²) in [5.41, 5.74) is 5.60. The summed E-state index contributed by atoms with van der Waals surface area (Å²) in [7, 11) is 1.57. The minimum atomic E-state index is -0.318. The van der Waals surface area contributed by atoms with Crippen LogP contribution >= 0.6 is 0 Å². The zero-order valence-electron chi connectivity index (χ0n) is 20.0. The number of ether oxygens (including phenoxy) is 1. The van der Waals surface area contributed by atoms with E-state index in [-0.39, 0.29) is 11.9 Å². The Labute approximate surface area is 207 Å². The van der Waals surface area contributed by atoms with Gasteiger partial charge in [0.2, 0.25) is 5.88 Å². The van der Waals surface area contributed by atoms with Crippen molar-refractivity contribution in [3.8, 4) is 29.0 Å². The fraction of sp³-hybridized carbons (Fsp3) is 0.143. The first kappa shape index (κ1) is 23.0. The Balaban J connectivity index is 1.84. The summed E-state index contributed by atoms with van der Waals surface area (Å²) >= 11 is 0. The Morgan fingerprint density at radius 3 is 2.58 bits per heavy atom. The minimum absolute atomic E-state index is 0.0321. The van der Waals surface area contributed by atoms with Gasteiger partial charge in [-0.3, -0.25) is 4.99 Å². The van der Waals surface area contributed by atoms with Crippen LogP contribution in [-0.4, -0.2) is 27.7 Å². The van der Waals surface area contributed by atoms with Crippen molar-refractivity contribution in [2.75, 3.05) is 12.4 Å². The van der Waals surface area contributed by atoms with Gasteiger partial charge in [0.25, 0.3) is 0 Å². The largest absolute Gasteiger partial charge is 0.480 e. The quantitative estimate of drug-likeness (QED) is 0.332. The molecule has 1 aliphatic carbocycles. The zero-order chi connectivity index (χ0) is 25.2. The molecule has 0 spiro atoms. The standard InChI is InChI=1S/C28H23FN6O/c1-17(2)32-23-15-27-25(14-22(23)33-21-5-4-12-31-28(21)36-3)34-24-13-18(16-30)6-11-26(24)35(27)20-9-7-19(29)8-10-20/h4-15,17,33H,1-3H3. The van der Waals surface area contributed by atoms with Gasteiger partial charge in [0, 0.05) is 17.9 Å². The molecule has 0 fully saturated rings. The van der Waals surface area contributed by atoms with E-state index in [1.54, 1.807) is 37.6 Å². The van der Waals surface area contributed by atoms with Gasteiger partial charge in [-0.25, -0.2) is 14.4 Å². The molecule has 3 aromatic rings. The van der Waals surface area contributed by atoms with Crippen molar-refractivity contribution in [2.24, 2.45) is 4.99 Å². The monoisotopic (exact) mass is 478 g/mol. The van der Waals surface area contributed by atoms with Crippen LogP contribution in [0.5, 0.6) is 5.88 Å². The summed E-state index contributed by atoms with van der Waals surface area (Å²) in [4.78, 5) is 14.0. The topological polar surface area (TPSA) is 88.1 Å². The minimum Gasteiger partial charge on any atom is -0.480 e. The number of rotatable bonds is 5. The maximum Gasteiger partial charge on any atom is 0.237 e. The molecule has 0 saturated heterocycles. The van der Waals surface area contributed by atoms with Crippen molar-refractivity contribution in [1.29, 1.82) is 5.26 Å². The van der Waals surface area contributed by atoms with Crippen molar-refractivity contribution in [1.82, 2.24) is 14.5 Å². The van der Waals surface area contributed by atoms with E-state index in [1.165, 1.54) is 12.1 Å². The summed E-state index contributed by atoms with van der Waals surface area (Å²) in [6, 6.07) is 21.4. The van der Waals surface area contributed by atoms with Crippen LogP contribution in [-0.2, 0) is 0 Å². The van der Waals surface area contributed by atoms with Crippen molar-refractivity contribution in [3.63, 3.8) is 0 Å². The molecule has 0 bridgehead atoms. The van der Waals surface area contributed by atoms with Crippen LogP contribution in [0, 0.1) is 17.1 Å². The van der Waals surface area contributed by atoms with Crippen LogP contribution in [0.3, 0.4) is 0 Å². The Kier molecular flexibility index (Phi) is 6.05. The Hall–Kier alpha value is -4.77. The molecule has 5 rings (SSSR count). The zero-order valence-corrected chi connectivity index (χ0v) is 20.0. The van der Waals surface area contributed by atoms with Gasteiger partial charge in [0.05, 0.1) is 52.2 Å². The predicted octanol–water partition coefficient (Wildman–Crippen LogP) is 5.60. The average Bonchev–Trinajstić information content (AvgIpc) is 2.88. The Morgan fingerprint density at radius 1 is 1.06 bits per heavy atom. The molecule has 8 heteroatoms. The van der Waals surface area contributed by atoms with Gasteiger partial charge >= 0.3 is 0 Å². The SMILES string of the molecule is COc1ncccc1Nc1cc2nc3cc(C#N)ccc3n(-c3ccc(F)cc3)c-2cc1=NC(C)C. The highest BCUT2D eigenvalue weighted by Crippen LogP contribution is 2.32. The Morgan fingerprint density at radius 2 is 1.86 bits per heavy atom. The highest BCUT2D eigenvalue weighted by atomic mass is 19.1. The van der Waals surface area contributed by atoms with Gasteiger partial charge < -0.3 is 14.6 Å². The molecule has 2 aliphatic rings. The Bertz CT molecular complexity index is 1650. The summed E-state index contributed by atoms with van der Waals surface area (Å²) in [5, 5.41) is 13.6. The number of methoxy groups -OCH3 is 1. The molecule has 0 unspecified atom stereocenters. The molecule has 0 atom stereocenters. The first-order chi connectivity index (χ1) is 17.5. The van der Waals surface area contributed by atoms with Crippen LogP contribution in [0.25, 0.3) is 28.1 Å². The number of nitrogens with zero attached hydrogens (tertiary/aromatic N) is 5. The van der Waals surface area contributed by atoms with Crippen molar-refractivity contribution < 1.29 is 9.13 Å². The van der Waals surface area contributed by atoms with E-state index in [4.69, 9.17) is 14.7 Å². The molecular formula is C28H23FN6O. The van der Waals surface area contributed by atoms with E-state index in [9.17, 15) is 9.65 Å². The first-order valence-electron chi connectivity index (χ1n) is 11.4. The van der Waals surface area contributed by atoms with Gasteiger partial charge in [0.1, 0.15) is 11.5 Å². The van der Waals surface area contributed by atoms with Crippen molar-refractivity contribution in [2.45, 2.75) is 19.9 Å². The molecule has 0 radical (unpaired) electrons. The molecule has 1 aliphatic heterocycles. The van der Waals surface area contributed by atoms with E-state index in [2.05, 4.69) is 16.4 Å². The second kappa shape index (κ2) is 9.47. The van der Waals surface area contributed by atoms with Crippen molar-refractivity contribution in [3.05, 3.63) is 89.7 Å². The number of nitriles is 1. The molecule has 36 heavy (non-hydrogen) atoms. The molecule has 1 aromatic heterocycles. The van der Waals surface area contributed by atoms with Gasteiger partial charge in [-0.1, -0.05) is 0 Å². The van der Waals surface area contributed by atoms with E-state index in [1.807, 2.05) is 48.7 Å². The lowest BCUT2D eigenvalue weighted by Gasteiger charge is -2.21. The third-order valence-electron chi connectivity index (χ3n) is 5.64. The lowest BCUT2D eigenvalue weighted by Crippen LogP contribution is -2.17. The number of pyridine rings is 1. The summed E-state index contributed by atoms with van der Waals surface area (Å²) < 4.78 is 21.2. The van der Waals surface area contributed by atoms with Gasteiger partial charge in [-0.2, -0.15) is 5.26 Å². The second-order valence-electron chi connectivity index (χ2n) is 8.51. The van der Waals surface area contributed by atoms with Gasteiger partial charge in [-0.05, 0) is 80.6 Å². The molecule has 0 saturated carbocycles. The van der Waals surface area contributed by atoms with Crippen LogP contribution in [0.2, 0.25) is 0 Å². The molecule has 7 nitrogen and oxygen atoms in total. The molecule has 178 valence electrons. The third-order valence-corrected chi connectivity index (χ3v) is 5.64. The molecular weight excluding hydrogens is 455 g/mol. The van der Waals surface area contributed by atoms with Crippen LogP contribution in [0.1, 0.15) is 19.4 Å². The lowest BCUT2D eigenvalue weighted by atomic mass is 10.1. The number of aromatic nitrogens is 3. The summed E-state index contributed by atoms with van der Waals surface area (Å²) in [6.45, 7) is 4.02. The van der Waals surface area contributed by atoms with E-state index >= 15 is 0 Å². The van der Waals surface area contributed by atoms with Crippen molar-refractivity contribution >= 4 is 22.4 Å². The van der Waals surface area contributed by atoms with E-state index in [0.29, 0.717) is 28.3 Å². The third kappa shape index (κ3) is 4.34. The average molecular weight is 479 g/mol. The number of nitrogens with one attached hydrogen (secondary N) is 1. The molecule has 2 heterocycles. The fourth-order valence-corrected chi connectivity index (χ4v) is 4.11. The number of benzene rings is 3. The highest BCUT2D eigenvalue weighted by molar-refractivity contribution is 5.85. The molecule has 0 amide bonds. The van der Waals surface area contributed by atoms with E-state index < -0.39 is 0 Å². The summed E-state index contributed by atoms with van der Waals surface area (Å²) in [5.74, 6) is 0.140.